The lowest BCUT2D eigenvalue weighted by molar-refractivity contribution is -0.137. The number of pyridine rings is 1. The van der Waals surface area contributed by atoms with Crippen molar-refractivity contribution in [2.24, 2.45) is 0 Å². The minimum atomic E-state index is -4.45. The first kappa shape index (κ1) is 14.4. The molecule has 1 unspecified atom stereocenters. The number of hydrogen-bond acceptors (Lipinski definition) is 4. The monoisotopic (exact) mass is 296 g/mol. The summed E-state index contributed by atoms with van der Waals surface area (Å²) in [6.07, 6.45) is -3.86. The van der Waals surface area contributed by atoms with Crippen molar-refractivity contribution in [1.29, 1.82) is 0 Å². The molecule has 0 aliphatic carbocycles. The summed E-state index contributed by atoms with van der Waals surface area (Å²) in [7, 11) is 0. The highest BCUT2D eigenvalue weighted by Crippen LogP contribution is 2.32. The van der Waals surface area contributed by atoms with Crippen molar-refractivity contribution >= 4 is 17.4 Å². The SMILES string of the molecule is FC(F)(F)c1cnc(NCC2COCCO2)c(Cl)c1. The molecule has 1 aromatic heterocycles. The van der Waals surface area contributed by atoms with E-state index in [1.165, 1.54) is 0 Å². The molecule has 1 saturated heterocycles. The fourth-order valence-electron chi connectivity index (χ4n) is 1.59. The topological polar surface area (TPSA) is 43.4 Å². The van der Waals surface area contributed by atoms with Crippen molar-refractivity contribution in [3.63, 3.8) is 0 Å². The van der Waals surface area contributed by atoms with Crippen LogP contribution in [0.25, 0.3) is 0 Å². The lowest BCUT2D eigenvalue weighted by Crippen LogP contribution is -2.34. The van der Waals surface area contributed by atoms with Crippen LogP contribution in [0.3, 0.4) is 0 Å². The van der Waals surface area contributed by atoms with Crippen LogP contribution in [0.2, 0.25) is 5.02 Å². The van der Waals surface area contributed by atoms with Crippen molar-refractivity contribution in [2.45, 2.75) is 12.3 Å². The highest BCUT2D eigenvalue weighted by Gasteiger charge is 2.31. The predicted octanol–water partition coefficient (Wildman–Crippen LogP) is 2.58. The third-order valence-electron chi connectivity index (χ3n) is 2.55. The molecule has 0 aromatic carbocycles. The van der Waals surface area contributed by atoms with Crippen LogP contribution in [0.5, 0.6) is 0 Å². The van der Waals surface area contributed by atoms with Gasteiger partial charge in [-0.2, -0.15) is 13.2 Å². The number of hydrogen-bond donors (Lipinski definition) is 1. The molecule has 106 valence electrons. The van der Waals surface area contributed by atoms with E-state index in [1.54, 1.807) is 0 Å². The summed E-state index contributed by atoms with van der Waals surface area (Å²) in [5, 5.41) is 2.77. The van der Waals surface area contributed by atoms with E-state index >= 15 is 0 Å². The number of nitrogens with zero attached hydrogens (tertiary/aromatic N) is 1. The maximum atomic E-state index is 12.4. The third kappa shape index (κ3) is 3.95. The molecule has 0 saturated carbocycles. The Morgan fingerprint density at radius 2 is 2.21 bits per heavy atom. The first-order valence-corrected chi connectivity index (χ1v) is 6.00. The molecule has 8 heteroatoms. The van der Waals surface area contributed by atoms with Crippen LogP contribution in [0.1, 0.15) is 5.56 Å². The number of halogens is 4. The van der Waals surface area contributed by atoms with Crippen LogP contribution in [0.4, 0.5) is 19.0 Å². The molecule has 1 N–H and O–H groups in total. The Balaban J connectivity index is 1.97. The zero-order valence-corrected chi connectivity index (χ0v) is 10.6. The molecular formula is C11H12ClF3N2O2. The third-order valence-corrected chi connectivity index (χ3v) is 2.84. The molecule has 1 aromatic rings. The van der Waals surface area contributed by atoms with E-state index in [9.17, 15) is 13.2 Å². The molecule has 0 spiro atoms. The number of alkyl halides is 3. The highest BCUT2D eigenvalue weighted by molar-refractivity contribution is 6.32. The maximum absolute atomic E-state index is 12.4. The van der Waals surface area contributed by atoms with Gasteiger partial charge in [0.1, 0.15) is 5.82 Å². The first-order chi connectivity index (χ1) is 8.97. The van der Waals surface area contributed by atoms with Gasteiger partial charge in [-0.25, -0.2) is 4.98 Å². The van der Waals surface area contributed by atoms with Crippen molar-refractivity contribution in [2.75, 3.05) is 31.7 Å². The van der Waals surface area contributed by atoms with Crippen molar-refractivity contribution in [3.05, 3.63) is 22.8 Å². The second-order valence-corrected chi connectivity index (χ2v) is 4.41. The molecule has 2 rings (SSSR count). The fraction of sp³-hybridized carbons (Fsp3) is 0.545. The van der Waals surface area contributed by atoms with Crippen molar-refractivity contribution in [1.82, 2.24) is 4.98 Å². The summed E-state index contributed by atoms with van der Waals surface area (Å²) in [4.78, 5) is 3.67. The van der Waals surface area contributed by atoms with E-state index in [0.29, 0.717) is 26.4 Å². The molecule has 1 fully saturated rings. The quantitative estimate of drug-likeness (QED) is 0.931. The molecule has 1 aliphatic rings. The van der Waals surface area contributed by atoms with E-state index in [0.717, 1.165) is 12.3 Å². The average molecular weight is 297 g/mol. The van der Waals surface area contributed by atoms with Gasteiger partial charge in [0, 0.05) is 12.7 Å². The lowest BCUT2D eigenvalue weighted by Gasteiger charge is -2.23. The largest absolute Gasteiger partial charge is 0.417 e. The number of rotatable bonds is 3. The first-order valence-electron chi connectivity index (χ1n) is 5.63. The van der Waals surface area contributed by atoms with Gasteiger partial charge < -0.3 is 14.8 Å². The van der Waals surface area contributed by atoms with Gasteiger partial charge in [0.25, 0.3) is 0 Å². The molecule has 0 bridgehead atoms. The van der Waals surface area contributed by atoms with Gasteiger partial charge in [-0.3, -0.25) is 0 Å². The Labute approximate surface area is 112 Å². The van der Waals surface area contributed by atoms with Crippen LogP contribution in [0, 0.1) is 0 Å². The summed E-state index contributed by atoms with van der Waals surface area (Å²) >= 11 is 5.76. The zero-order chi connectivity index (χ0) is 13.9. The number of ether oxygens (including phenoxy) is 2. The van der Waals surface area contributed by atoms with Crippen molar-refractivity contribution in [3.8, 4) is 0 Å². The smallest absolute Gasteiger partial charge is 0.376 e. The summed E-state index contributed by atoms with van der Waals surface area (Å²) in [5.41, 5.74) is -0.875. The lowest BCUT2D eigenvalue weighted by atomic mass is 10.2. The maximum Gasteiger partial charge on any atom is 0.417 e. The van der Waals surface area contributed by atoms with Crippen LogP contribution >= 0.6 is 11.6 Å². The zero-order valence-electron chi connectivity index (χ0n) is 9.84. The van der Waals surface area contributed by atoms with Gasteiger partial charge in [0.05, 0.1) is 36.5 Å². The summed E-state index contributed by atoms with van der Waals surface area (Å²) in [6.45, 7) is 1.86. The van der Waals surface area contributed by atoms with Gasteiger partial charge in [-0.05, 0) is 6.07 Å². The standard InChI is InChI=1S/C11H12ClF3N2O2/c12-9-3-7(11(13,14)15)4-16-10(9)17-5-8-6-18-1-2-19-8/h3-4,8H,1-2,5-6H2,(H,16,17). The molecule has 0 radical (unpaired) electrons. The Bertz CT molecular complexity index is 436. The van der Waals surface area contributed by atoms with E-state index in [2.05, 4.69) is 10.3 Å². The minimum Gasteiger partial charge on any atom is -0.376 e. The molecule has 0 amide bonds. The van der Waals surface area contributed by atoms with E-state index < -0.39 is 11.7 Å². The normalized spacial score (nSPS) is 20.3. The molecule has 2 heterocycles. The summed E-state index contributed by atoms with van der Waals surface area (Å²) in [5.74, 6) is 0.198. The second kappa shape index (κ2) is 5.94. The Morgan fingerprint density at radius 1 is 1.42 bits per heavy atom. The predicted molar refractivity (Wildman–Crippen MR) is 63.3 cm³/mol. The van der Waals surface area contributed by atoms with Gasteiger partial charge in [-0.1, -0.05) is 11.6 Å². The molecule has 1 atom stereocenters. The highest BCUT2D eigenvalue weighted by atomic mass is 35.5. The van der Waals surface area contributed by atoms with E-state index in [-0.39, 0.29) is 16.9 Å². The van der Waals surface area contributed by atoms with Gasteiger partial charge in [-0.15, -0.1) is 0 Å². The minimum absolute atomic E-state index is 0.0773. The van der Waals surface area contributed by atoms with Gasteiger partial charge in [0.2, 0.25) is 0 Å². The van der Waals surface area contributed by atoms with Gasteiger partial charge >= 0.3 is 6.18 Å². The second-order valence-electron chi connectivity index (χ2n) is 4.00. The average Bonchev–Trinajstić information content (AvgIpc) is 2.37. The number of anilines is 1. The number of nitrogens with one attached hydrogen (secondary N) is 1. The molecule has 4 nitrogen and oxygen atoms in total. The fourth-order valence-corrected chi connectivity index (χ4v) is 1.82. The van der Waals surface area contributed by atoms with Crippen LogP contribution in [0.15, 0.2) is 12.3 Å². The summed E-state index contributed by atoms with van der Waals surface area (Å²) < 4.78 is 47.8. The molecule has 1 aliphatic heterocycles. The molecule has 19 heavy (non-hydrogen) atoms. The summed E-state index contributed by atoms with van der Waals surface area (Å²) in [6, 6.07) is 0.842. The van der Waals surface area contributed by atoms with Crippen LogP contribution in [-0.2, 0) is 15.7 Å². The number of aromatic nitrogens is 1. The van der Waals surface area contributed by atoms with Crippen LogP contribution in [-0.4, -0.2) is 37.5 Å². The Hall–Kier alpha value is -1.05. The molecular weight excluding hydrogens is 285 g/mol. The van der Waals surface area contributed by atoms with Gasteiger partial charge in [0.15, 0.2) is 0 Å². The Morgan fingerprint density at radius 3 is 2.79 bits per heavy atom. The Kier molecular flexibility index (Phi) is 4.49. The van der Waals surface area contributed by atoms with Crippen molar-refractivity contribution < 1.29 is 22.6 Å². The van der Waals surface area contributed by atoms with E-state index in [1.807, 2.05) is 0 Å². The van der Waals surface area contributed by atoms with Crippen LogP contribution < -0.4 is 5.32 Å². The van der Waals surface area contributed by atoms with E-state index in [4.69, 9.17) is 21.1 Å².